The maximum absolute atomic E-state index is 12.7. The molecule has 4 rings (SSSR count). The zero-order valence-electron chi connectivity index (χ0n) is 17.3. The SMILES string of the molecule is CCn1c2ccccc2c2cc(NC(=O)N3CCC(COS(C)(=O)=O)CC3)ccc21. The summed E-state index contributed by atoms with van der Waals surface area (Å²) < 4.78 is 29.5. The van der Waals surface area contributed by atoms with Gasteiger partial charge in [-0.15, -0.1) is 0 Å². The van der Waals surface area contributed by atoms with E-state index in [1.165, 1.54) is 10.9 Å². The van der Waals surface area contributed by atoms with E-state index < -0.39 is 10.1 Å². The summed E-state index contributed by atoms with van der Waals surface area (Å²) >= 11 is 0. The number of nitrogens with one attached hydrogen (secondary N) is 1. The molecule has 1 aliphatic heterocycles. The molecule has 3 aromatic rings. The molecule has 7 nitrogen and oxygen atoms in total. The highest BCUT2D eigenvalue weighted by Gasteiger charge is 2.24. The second kappa shape index (κ2) is 8.28. The van der Waals surface area contributed by atoms with Gasteiger partial charge in [0.05, 0.1) is 12.9 Å². The van der Waals surface area contributed by atoms with Gasteiger partial charge >= 0.3 is 6.03 Å². The van der Waals surface area contributed by atoms with Crippen LogP contribution in [0.1, 0.15) is 19.8 Å². The number of carbonyl (C=O) groups is 1. The fourth-order valence-corrected chi connectivity index (χ4v) is 4.64. The average molecular weight is 430 g/mol. The number of anilines is 1. The van der Waals surface area contributed by atoms with E-state index in [0.717, 1.165) is 42.2 Å². The number of likely N-dealkylation sites (tertiary alicyclic amines) is 1. The van der Waals surface area contributed by atoms with Crippen LogP contribution in [0.3, 0.4) is 0 Å². The molecule has 0 atom stereocenters. The van der Waals surface area contributed by atoms with E-state index in [4.69, 9.17) is 4.18 Å². The number of aromatic nitrogens is 1. The Hall–Kier alpha value is -2.58. The number of nitrogens with zero attached hydrogens (tertiary/aromatic N) is 2. The van der Waals surface area contributed by atoms with E-state index in [-0.39, 0.29) is 18.6 Å². The van der Waals surface area contributed by atoms with Crippen molar-refractivity contribution in [1.82, 2.24) is 9.47 Å². The van der Waals surface area contributed by atoms with E-state index in [1.807, 2.05) is 24.3 Å². The predicted molar refractivity (Wildman–Crippen MR) is 119 cm³/mol. The van der Waals surface area contributed by atoms with Crippen LogP contribution in [0.5, 0.6) is 0 Å². The van der Waals surface area contributed by atoms with Crippen LogP contribution in [0.15, 0.2) is 42.5 Å². The molecule has 0 saturated carbocycles. The van der Waals surface area contributed by atoms with Crippen molar-refractivity contribution in [3.63, 3.8) is 0 Å². The first-order chi connectivity index (χ1) is 14.4. The van der Waals surface area contributed by atoms with Gasteiger partial charge in [0, 0.05) is 47.1 Å². The van der Waals surface area contributed by atoms with Crippen LogP contribution in [0.4, 0.5) is 10.5 Å². The number of hydrogen-bond acceptors (Lipinski definition) is 4. The molecule has 0 spiro atoms. The van der Waals surface area contributed by atoms with Gasteiger partial charge in [-0.25, -0.2) is 4.79 Å². The molecule has 8 heteroatoms. The highest BCUT2D eigenvalue weighted by molar-refractivity contribution is 7.85. The van der Waals surface area contributed by atoms with E-state index in [1.54, 1.807) is 4.90 Å². The first kappa shape index (κ1) is 20.7. The molecule has 0 radical (unpaired) electrons. The zero-order chi connectivity index (χ0) is 21.3. The minimum Gasteiger partial charge on any atom is -0.341 e. The van der Waals surface area contributed by atoms with Gasteiger partial charge in [-0.3, -0.25) is 4.18 Å². The number of amides is 2. The fourth-order valence-electron chi connectivity index (χ4n) is 4.20. The minimum atomic E-state index is -3.42. The topological polar surface area (TPSA) is 80.6 Å². The van der Waals surface area contributed by atoms with Crippen molar-refractivity contribution in [2.75, 3.05) is 31.3 Å². The van der Waals surface area contributed by atoms with Crippen molar-refractivity contribution in [3.05, 3.63) is 42.5 Å². The second-order valence-corrected chi connectivity index (χ2v) is 9.49. The predicted octanol–water partition coefficient (Wildman–Crippen LogP) is 4.03. The highest BCUT2D eigenvalue weighted by Crippen LogP contribution is 2.31. The number of fused-ring (bicyclic) bond motifs is 3. The lowest BCUT2D eigenvalue weighted by atomic mass is 9.98. The number of carbonyl (C=O) groups excluding carboxylic acids is 1. The molecule has 1 N–H and O–H groups in total. The van der Waals surface area contributed by atoms with Crippen LogP contribution in [0.2, 0.25) is 0 Å². The van der Waals surface area contributed by atoms with E-state index in [9.17, 15) is 13.2 Å². The van der Waals surface area contributed by atoms with Gasteiger partial charge in [-0.2, -0.15) is 8.42 Å². The van der Waals surface area contributed by atoms with Gasteiger partial charge in [-0.05, 0) is 49.9 Å². The summed E-state index contributed by atoms with van der Waals surface area (Å²) in [7, 11) is -3.42. The van der Waals surface area contributed by atoms with Gasteiger partial charge in [0.25, 0.3) is 10.1 Å². The Balaban J connectivity index is 1.44. The van der Waals surface area contributed by atoms with E-state index in [2.05, 4.69) is 35.0 Å². The van der Waals surface area contributed by atoms with Crippen LogP contribution in [0.25, 0.3) is 21.8 Å². The normalized spacial score (nSPS) is 15.7. The van der Waals surface area contributed by atoms with Gasteiger partial charge < -0.3 is 14.8 Å². The monoisotopic (exact) mass is 429 g/mol. The van der Waals surface area contributed by atoms with Crippen LogP contribution < -0.4 is 5.32 Å². The zero-order valence-corrected chi connectivity index (χ0v) is 18.1. The molecule has 160 valence electrons. The average Bonchev–Trinajstić information content (AvgIpc) is 3.05. The molecule has 1 saturated heterocycles. The number of benzene rings is 2. The molecule has 2 amide bonds. The first-order valence-corrected chi connectivity index (χ1v) is 12.1. The third kappa shape index (κ3) is 4.29. The number of urea groups is 1. The van der Waals surface area contributed by atoms with Crippen LogP contribution in [0, 0.1) is 5.92 Å². The molecule has 2 heterocycles. The van der Waals surface area contributed by atoms with E-state index in [0.29, 0.717) is 13.1 Å². The lowest BCUT2D eigenvalue weighted by Gasteiger charge is -2.31. The molecule has 0 bridgehead atoms. The number of aryl methyl sites for hydroxylation is 1. The Morgan fingerprint density at radius 2 is 1.80 bits per heavy atom. The Labute approximate surface area is 176 Å². The fraction of sp³-hybridized carbons (Fsp3) is 0.409. The number of hydrogen-bond donors (Lipinski definition) is 1. The van der Waals surface area contributed by atoms with Crippen molar-refractivity contribution in [1.29, 1.82) is 0 Å². The molecule has 0 aliphatic carbocycles. The maximum atomic E-state index is 12.7. The summed E-state index contributed by atoms with van der Waals surface area (Å²) in [5.74, 6) is 0.153. The summed E-state index contributed by atoms with van der Waals surface area (Å²) in [5.41, 5.74) is 3.12. The van der Waals surface area contributed by atoms with Crippen molar-refractivity contribution >= 4 is 43.6 Å². The third-order valence-electron chi connectivity index (χ3n) is 5.76. The number of para-hydroxylation sites is 1. The quantitative estimate of drug-likeness (QED) is 0.621. The minimum absolute atomic E-state index is 0.129. The number of rotatable bonds is 5. The van der Waals surface area contributed by atoms with E-state index >= 15 is 0 Å². The summed E-state index contributed by atoms with van der Waals surface area (Å²) in [5, 5.41) is 5.32. The maximum Gasteiger partial charge on any atom is 0.321 e. The summed E-state index contributed by atoms with van der Waals surface area (Å²) in [6.07, 6.45) is 2.52. The molecule has 30 heavy (non-hydrogen) atoms. The molecule has 1 aromatic heterocycles. The van der Waals surface area contributed by atoms with Crippen LogP contribution in [-0.2, 0) is 20.8 Å². The third-order valence-corrected chi connectivity index (χ3v) is 6.32. The van der Waals surface area contributed by atoms with Crippen molar-refractivity contribution in [2.24, 2.45) is 5.92 Å². The Bertz CT molecular complexity index is 1180. The van der Waals surface area contributed by atoms with Crippen LogP contribution in [-0.4, -0.2) is 49.9 Å². The molecular formula is C22H27N3O4S. The lowest BCUT2D eigenvalue weighted by Crippen LogP contribution is -2.41. The van der Waals surface area contributed by atoms with Crippen molar-refractivity contribution in [2.45, 2.75) is 26.3 Å². The van der Waals surface area contributed by atoms with Gasteiger partial charge in [0.15, 0.2) is 0 Å². The summed E-state index contributed by atoms with van der Waals surface area (Å²) in [4.78, 5) is 14.5. The molecule has 2 aromatic carbocycles. The smallest absolute Gasteiger partial charge is 0.321 e. The molecular weight excluding hydrogens is 402 g/mol. The summed E-state index contributed by atoms with van der Waals surface area (Å²) in [6, 6.07) is 14.2. The van der Waals surface area contributed by atoms with Crippen molar-refractivity contribution < 1.29 is 17.4 Å². The highest BCUT2D eigenvalue weighted by atomic mass is 32.2. The summed E-state index contributed by atoms with van der Waals surface area (Å²) in [6.45, 7) is 4.37. The van der Waals surface area contributed by atoms with Crippen molar-refractivity contribution in [3.8, 4) is 0 Å². The lowest BCUT2D eigenvalue weighted by molar-refractivity contribution is 0.155. The Morgan fingerprint density at radius 1 is 1.10 bits per heavy atom. The second-order valence-electron chi connectivity index (χ2n) is 7.84. The molecule has 1 fully saturated rings. The van der Waals surface area contributed by atoms with Gasteiger partial charge in [0.1, 0.15) is 0 Å². The Kier molecular flexibility index (Phi) is 5.71. The number of piperidine rings is 1. The Morgan fingerprint density at radius 3 is 2.50 bits per heavy atom. The molecule has 0 unspecified atom stereocenters. The van der Waals surface area contributed by atoms with Crippen LogP contribution >= 0.6 is 0 Å². The van der Waals surface area contributed by atoms with Gasteiger partial charge in [0.2, 0.25) is 0 Å². The molecule has 1 aliphatic rings. The first-order valence-electron chi connectivity index (χ1n) is 10.3. The standard InChI is InChI=1S/C22H27N3O4S/c1-3-25-20-7-5-4-6-18(20)19-14-17(8-9-21(19)25)23-22(26)24-12-10-16(11-13-24)15-29-30(2,27)28/h4-9,14,16H,3,10-13,15H2,1-2H3,(H,23,26). The van der Waals surface area contributed by atoms with Gasteiger partial charge in [-0.1, -0.05) is 18.2 Å². The largest absolute Gasteiger partial charge is 0.341 e.